The first-order chi connectivity index (χ1) is 11.6. The number of aromatic nitrogens is 2. The number of halogens is 2. The van der Waals surface area contributed by atoms with E-state index in [2.05, 4.69) is 15.5 Å². The molecule has 1 aromatic heterocycles. The minimum absolute atomic E-state index is 0.253. The summed E-state index contributed by atoms with van der Waals surface area (Å²) in [5.41, 5.74) is 2.25. The lowest BCUT2D eigenvalue weighted by Crippen LogP contribution is -2.13. The van der Waals surface area contributed by atoms with Crippen molar-refractivity contribution in [1.29, 1.82) is 5.26 Å². The van der Waals surface area contributed by atoms with Gasteiger partial charge in [0.25, 0.3) is 5.91 Å². The molecule has 0 radical (unpaired) electrons. The Balaban J connectivity index is 1.85. The zero-order valence-corrected chi connectivity index (χ0v) is 13.7. The van der Waals surface area contributed by atoms with Gasteiger partial charge >= 0.3 is 0 Å². The van der Waals surface area contributed by atoms with Gasteiger partial charge < -0.3 is 5.32 Å². The van der Waals surface area contributed by atoms with Gasteiger partial charge in [0, 0.05) is 10.6 Å². The number of aromatic amines is 1. The number of carbonyl (C=O) groups is 1. The maximum absolute atomic E-state index is 12.3. The van der Waals surface area contributed by atoms with E-state index in [-0.39, 0.29) is 5.69 Å². The van der Waals surface area contributed by atoms with Gasteiger partial charge in [-0.05, 0) is 36.4 Å². The molecule has 0 atom stereocenters. The second-order valence-corrected chi connectivity index (χ2v) is 5.75. The van der Waals surface area contributed by atoms with Crippen LogP contribution in [0.5, 0.6) is 0 Å². The largest absolute Gasteiger partial charge is 0.319 e. The van der Waals surface area contributed by atoms with E-state index >= 15 is 0 Å². The summed E-state index contributed by atoms with van der Waals surface area (Å²) in [6, 6.07) is 15.4. The van der Waals surface area contributed by atoms with Crippen molar-refractivity contribution in [3.05, 3.63) is 69.8 Å². The van der Waals surface area contributed by atoms with Gasteiger partial charge in [-0.3, -0.25) is 9.89 Å². The first-order valence-corrected chi connectivity index (χ1v) is 7.65. The highest BCUT2D eigenvalue weighted by molar-refractivity contribution is 6.36. The van der Waals surface area contributed by atoms with Crippen LogP contribution in [0.3, 0.4) is 0 Å². The number of nitrogens with one attached hydrogen (secondary N) is 2. The lowest BCUT2D eigenvalue weighted by Gasteiger charge is -2.04. The molecule has 7 heteroatoms. The fraction of sp³-hybridized carbons (Fsp3) is 0. The molecule has 0 aliphatic rings. The number of nitriles is 1. The highest BCUT2D eigenvalue weighted by atomic mass is 35.5. The zero-order valence-electron chi connectivity index (χ0n) is 12.2. The van der Waals surface area contributed by atoms with Gasteiger partial charge in [-0.15, -0.1) is 0 Å². The Labute approximate surface area is 147 Å². The molecule has 0 aliphatic heterocycles. The fourth-order valence-corrected chi connectivity index (χ4v) is 2.66. The van der Waals surface area contributed by atoms with Crippen LogP contribution in [0.2, 0.25) is 10.0 Å². The average Bonchev–Trinajstić information content (AvgIpc) is 3.05. The van der Waals surface area contributed by atoms with Crippen molar-refractivity contribution in [3.63, 3.8) is 0 Å². The van der Waals surface area contributed by atoms with E-state index in [9.17, 15) is 4.79 Å². The van der Waals surface area contributed by atoms with E-state index in [0.29, 0.717) is 32.6 Å². The number of benzene rings is 2. The summed E-state index contributed by atoms with van der Waals surface area (Å²) in [5.74, 6) is -0.401. The molecule has 0 unspecified atom stereocenters. The third kappa shape index (κ3) is 3.25. The number of anilines is 1. The number of hydrogen-bond acceptors (Lipinski definition) is 3. The number of nitrogens with zero attached hydrogens (tertiary/aromatic N) is 2. The molecule has 2 aromatic carbocycles. The molecule has 3 aromatic rings. The minimum atomic E-state index is -0.401. The van der Waals surface area contributed by atoms with Gasteiger partial charge in [0.1, 0.15) is 11.8 Å². The summed E-state index contributed by atoms with van der Waals surface area (Å²) in [6.07, 6.45) is 0. The average molecular weight is 357 g/mol. The molecule has 0 bridgehead atoms. The Hall–Kier alpha value is -2.81. The zero-order chi connectivity index (χ0) is 17.1. The molecule has 0 saturated carbocycles. The Morgan fingerprint density at radius 1 is 1.17 bits per heavy atom. The Bertz CT molecular complexity index is 959. The van der Waals surface area contributed by atoms with Gasteiger partial charge in [-0.2, -0.15) is 10.4 Å². The van der Waals surface area contributed by atoms with Crippen molar-refractivity contribution in [1.82, 2.24) is 10.2 Å². The molecule has 3 rings (SSSR count). The van der Waals surface area contributed by atoms with Crippen LogP contribution in [0.4, 0.5) is 5.69 Å². The molecule has 1 heterocycles. The predicted molar refractivity (Wildman–Crippen MR) is 93.2 cm³/mol. The lowest BCUT2D eigenvalue weighted by molar-refractivity contribution is 0.102. The van der Waals surface area contributed by atoms with E-state index in [0.717, 1.165) is 0 Å². The fourth-order valence-electron chi connectivity index (χ4n) is 2.15. The number of hydrogen-bond donors (Lipinski definition) is 2. The van der Waals surface area contributed by atoms with Crippen molar-refractivity contribution in [2.45, 2.75) is 0 Å². The SMILES string of the molecule is N#Cc1ccccc1NC(=O)c1cc(-c2ccc(Cl)cc2Cl)n[nH]1. The summed E-state index contributed by atoms with van der Waals surface area (Å²) in [4.78, 5) is 12.3. The van der Waals surface area contributed by atoms with Gasteiger partial charge in [0.05, 0.1) is 22.0 Å². The number of carbonyl (C=O) groups excluding carboxylic acids is 1. The van der Waals surface area contributed by atoms with Gasteiger partial charge in [0.15, 0.2) is 0 Å². The molecular weight excluding hydrogens is 347 g/mol. The second kappa shape index (κ2) is 6.75. The van der Waals surface area contributed by atoms with Crippen LogP contribution in [0, 0.1) is 11.3 Å². The van der Waals surface area contributed by atoms with E-state index in [1.807, 2.05) is 6.07 Å². The van der Waals surface area contributed by atoms with Crippen LogP contribution >= 0.6 is 23.2 Å². The van der Waals surface area contributed by atoms with Crippen LogP contribution < -0.4 is 5.32 Å². The van der Waals surface area contributed by atoms with Crippen LogP contribution in [0.15, 0.2) is 48.5 Å². The van der Waals surface area contributed by atoms with E-state index in [1.54, 1.807) is 48.5 Å². The minimum Gasteiger partial charge on any atom is -0.319 e. The van der Waals surface area contributed by atoms with E-state index < -0.39 is 5.91 Å². The first-order valence-electron chi connectivity index (χ1n) is 6.90. The van der Waals surface area contributed by atoms with Gasteiger partial charge in [0.2, 0.25) is 0 Å². The number of rotatable bonds is 3. The van der Waals surface area contributed by atoms with Crippen LogP contribution in [0.25, 0.3) is 11.3 Å². The quantitative estimate of drug-likeness (QED) is 0.724. The molecule has 24 heavy (non-hydrogen) atoms. The molecule has 0 aliphatic carbocycles. The molecular formula is C17H10Cl2N4O. The maximum Gasteiger partial charge on any atom is 0.273 e. The standard InChI is InChI=1S/C17H10Cl2N4O/c18-11-5-6-12(13(19)7-11)15-8-16(23-22-15)17(24)21-14-4-2-1-3-10(14)9-20/h1-8H,(H,21,24)(H,22,23). The second-order valence-electron chi connectivity index (χ2n) is 4.90. The predicted octanol–water partition coefficient (Wildman–Crippen LogP) is 4.51. The number of para-hydroxylation sites is 1. The highest BCUT2D eigenvalue weighted by Gasteiger charge is 2.14. The molecule has 0 saturated heterocycles. The summed E-state index contributed by atoms with van der Waals surface area (Å²) >= 11 is 12.0. The summed E-state index contributed by atoms with van der Waals surface area (Å²) < 4.78 is 0. The van der Waals surface area contributed by atoms with Crippen LogP contribution in [-0.4, -0.2) is 16.1 Å². The summed E-state index contributed by atoms with van der Waals surface area (Å²) in [6.45, 7) is 0. The number of H-pyrrole nitrogens is 1. The Morgan fingerprint density at radius 2 is 1.96 bits per heavy atom. The molecule has 0 spiro atoms. The van der Waals surface area contributed by atoms with E-state index in [1.165, 1.54) is 0 Å². The Kier molecular flexibility index (Phi) is 4.52. The maximum atomic E-state index is 12.3. The van der Waals surface area contributed by atoms with Crippen LogP contribution in [0.1, 0.15) is 16.1 Å². The molecule has 2 N–H and O–H groups in total. The van der Waals surface area contributed by atoms with Crippen molar-refractivity contribution in [3.8, 4) is 17.3 Å². The van der Waals surface area contributed by atoms with Gasteiger partial charge in [-0.25, -0.2) is 0 Å². The monoisotopic (exact) mass is 356 g/mol. The normalized spacial score (nSPS) is 10.2. The third-order valence-corrected chi connectivity index (χ3v) is 3.87. The van der Waals surface area contributed by atoms with Gasteiger partial charge in [-0.1, -0.05) is 35.3 Å². The van der Waals surface area contributed by atoms with Crippen molar-refractivity contribution < 1.29 is 4.79 Å². The molecule has 1 amide bonds. The molecule has 0 fully saturated rings. The molecule has 118 valence electrons. The lowest BCUT2D eigenvalue weighted by atomic mass is 10.1. The highest BCUT2D eigenvalue weighted by Crippen LogP contribution is 2.29. The van der Waals surface area contributed by atoms with Crippen molar-refractivity contribution >= 4 is 34.8 Å². The first kappa shape index (κ1) is 16.1. The third-order valence-electron chi connectivity index (χ3n) is 3.33. The Morgan fingerprint density at radius 3 is 2.71 bits per heavy atom. The van der Waals surface area contributed by atoms with Crippen molar-refractivity contribution in [2.75, 3.05) is 5.32 Å². The van der Waals surface area contributed by atoms with Crippen molar-refractivity contribution in [2.24, 2.45) is 0 Å². The summed E-state index contributed by atoms with van der Waals surface area (Å²) in [7, 11) is 0. The smallest absolute Gasteiger partial charge is 0.273 e. The topological polar surface area (TPSA) is 81.6 Å². The van der Waals surface area contributed by atoms with E-state index in [4.69, 9.17) is 28.5 Å². The number of amides is 1. The molecule has 5 nitrogen and oxygen atoms in total. The summed E-state index contributed by atoms with van der Waals surface area (Å²) in [5, 5.41) is 19.5. The van der Waals surface area contributed by atoms with Crippen LogP contribution in [-0.2, 0) is 0 Å².